The predicted octanol–water partition coefficient (Wildman–Crippen LogP) is 3.64. The number of nitrogens with zero attached hydrogens (tertiary/aromatic N) is 5. The number of carboxylic acids is 1. The molecule has 182 valence electrons. The topological polar surface area (TPSA) is 103 Å². The maximum Gasteiger partial charge on any atom is 0.416 e. The van der Waals surface area contributed by atoms with Crippen LogP contribution in [-0.4, -0.2) is 60.3 Å². The molecule has 0 aliphatic carbocycles. The lowest BCUT2D eigenvalue weighted by atomic mass is 9.97. The van der Waals surface area contributed by atoms with E-state index in [4.69, 9.17) is 0 Å². The van der Waals surface area contributed by atoms with Crippen LogP contribution in [0.2, 0.25) is 0 Å². The van der Waals surface area contributed by atoms with E-state index in [2.05, 4.69) is 4.98 Å². The van der Waals surface area contributed by atoms with Crippen LogP contribution >= 0.6 is 0 Å². The van der Waals surface area contributed by atoms with Gasteiger partial charge >= 0.3 is 17.8 Å². The Morgan fingerprint density at radius 2 is 1.65 bits per heavy atom. The van der Waals surface area contributed by atoms with E-state index in [1.54, 1.807) is 17.0 Å². The molecule has 0 unspecified atom stereocenters. The monoisotopic (exact) mass is 479 g/mol. The van der Waals surface area contributed by atoms with Gasteiger partial charge in [0, 0.05) is 51.0 Å². The Kier molecular flexibility index (Phi) is 6.49. The van der Waals surface area contributed by atoms with Gasteiger partial charge in [0.2, 0.25) is 5.82 Å². The predicted molar refractivity (Wildman–Crippen MR) is 119 cm³/mol. The number of alkyl halides is 3. The molecule has 1 aromatic carbocycles. The van der Waals surface area contributed by atoms with E-state index in [0.29, 0.717) is 63.6 Å². The van der Waals surface area contributed by atoms with Crippen LogP contribution in [0.4, 0.5) is 36.2 Å². The van der Waals surface area contributed by atoms with E-state index in [9.17, 15) is 33.2 Å². The van der Waals surface area contributed by atoms with Crippen LogP contribution in [0.15, 0.2) is 36.4 Å². The van der Waals surface area contributed by atoms with Crippen molar-refractivity contribution in [3.05, 3.63) is 52.1 Å². The Hall–Kier alpha value is -3.57. The summed E-state index contributed by atoms with van der Waals surface area (Å²) < 4.78 is 39.2. The minimum absolute atomic E-state index is 0.142. The lowest BCUT2D eigenvalue weighted by molar-refractivity contribution is -0.384. The maximum atomic E-state index is 13.1. The number of pyridine rings is 1. The molecule has 34 heavy (non-hydrogen) atoms. The van der Waals surface area contributed by atoms with Crippen LogP contribution in [0.25, 0.3) is 0 Å². The number of aromatic nitrogens is 1. The molecule has 2 aliphatic rings. The summed E-state index contributed by atoms with van der Waals surface area (Å²) in [5, 5.41) is 20.8. The van der Waals surface area contributed by atoms with Crippen molar-refractivity contribution >= 4 is 29.0 Å². The number of hydrogen-bond donors (Lipinski definition) is 1. The maximum absolute atomic E-state index is 13.1. The average molecular weight is 479 g/mol. The van der Waals surface area contributed by atoms with Crippen molar-refractivity contribution in [3.63, 3.8) is 0 Å². The fraction of sp³-hybridized carbons (Fsp3) is 0.455. The van der Waals surface area contributed by atoms with Crippen molar-refractivity contribution in [3.8, 4) is 0 Å². The number of carbonyl (C=O) groups is 1. The van der Waals surface area contributed by atoms with Crippen LogP contribution in [-0.2, 0) is 11.0 Å². The molecule has 2 aromatic rings. The van der Waals surface area contributed by atoms with E-state index in [1.165, 1.54) is 12.1 Å². The molecule has 4 rings (SSSR count). The Balaban J connectivity index is 1.49. The summed E-state index contributed by atoms with van der Waals surface area (Å²) in [6.07, 6.45) is -3.49. The van der Waals surface area contributed by atoms with E-state index in [0.717, 1.165) is 12.1 Å². The van der Waals surface area contributed by atoms with E-state index < -0.39 is 28.6 Å². The van der Waals surface area contributed by atoms with Crippen molar-refractivity contribution in [2.24, 2.45) is 5.92 Å². The van der Waals surface area contributed by atoms with Crippen LogP contribution in [0.3, 0.4) is 0 Å². The fourth-order valence-corrected chi connectivity index (χ4v) is 4.39. The number of nitro groups is 1. The van der Waals surface area contributed by atoms with Crippen LogP contribution in [0.1, 0.15) is 18.4 Å². The van der Waals surface area contributed by atoms with Crippen molar-refractivity contribution in [2.45, 2.75) is 19.0 Å². The van der Waals surface area contributed by atoms with Crippen molar-refractivity contribution in [1.29, 1.82) is 0 Å². The smallest absolute Gasteiger partial charge is 0.416 e. The summed E-state index contributed by atoms with van der Waals surface area (Å²) in [5.74, 6) is -0.468. The first-order valence-electron chi connectivity index (χ1n) is 10.9. The number of anilines is 3. The Morgan fingerprint density at radius 1 is 1.00 bits per heavy atom. The van der Waals surface area contributed by atoms with Crippen LogP contribution < -0.4 is 14.7 Å². The number of carboxylic acid groups (broad SMARTS) is 1. The van der Waals surface area contributed by atoms with Gasteiger partial charge in [-0.3, -0.25) is 14.9 Å². The van der Waals surface area contributed by atoms with Crippen molar-refractivity contribution < 1.29 is 28.0 Å². The fourth-order valence-electron chi connectivity index (χ4n) is 4.39. The van der Waals surface area contributed by atoms with Gasteiger partial charge in [-0.2, -0.15) is 13.2 Å². The first-order valence-corrected chi connectivity index (χ1v) is 10.9. The SMILES string of the molecule is O=C(O)C1CCN(c2ccc([N+](=O)[O-])c(N3CCN(c4cccc(C(F)(F)F)c4)CC3)n2)CC1. The van der Waals surface area contributed by atoms with Gasteiger partial charge in [0.05, 0.1) is 16.4 Å². The summed E-state index contributed by atoms with van der Waals surface area (Å²) in [6.45, 7) is 2.46. The van der Waals surface area contributed by atoms with Gasteiger partial charge < -0.3 is 19.8 Å². The third-order valence-corrected chi connectivity index (χ3v) is 6.32. The highest BCUT2D eigenvalue weighted by Gasteiger charge is 2.32. The van der Waals surface area contributed by atoms with E-state index in [1.807, 2.05) is 9.80 Å². The van der Waals surface area contributed by atoms with E-state index >= 15 is 0 Å². The van der Waals surface area contributed by atoms with Gasteiger partial charge in [-0.25, -0.2) is 4.98 Å². The highest BCUT2D eigenvalue weighted by Crippen LogP contribution is 2.34. The molecule has 1 N–H and O–H groups in total. The van der Waals surface area contributed by atoms with Gasteiger partial charge in [0.25, 0.3) is 0 Å². The zero-order valence-electron chi connectivity index (χ0n) is 18.2. The second-order valence-electron chi connectivity index (χ2n) is 8.39. The number of piperidine rings is 1. The zero-order valence-corrected chi connectivity index (χ0v) is 18.2. The third-order valence-electron chi connectivity index (χ3n) is 6.32. The van der Waals surface area contributed by atoms with Gasteiger partial charge in [-0.15, -0.1) is 0 Å². The summed E-state index contributed by atoms with van der Waals surface area (Å²) in [5.41, 5.74) is -0.409. The molecule has 2 fully saturated rings. The van der Waals surface area contributed by atoms with Crippen molar-refractivity contribution in [1.82, 2.24) is 4.98 Å². The van der Waals surface area contributed by atoms with E-state index in [-0.39, 0.29) is 11.5 Å². The van der Waals surface area contributed by atoms with Gasteiger partial charge in [-0.1, -0.05) is 6.07 Å². The molecule has 0 amide bonds. The molecular weight excluding hydrogens is 455 g/mol. The minimum Gasteiger partial charge on any atom is -0.481 e. The normalized spacial score (nSPS) is 17.7. The molecule has 3 heterocycles. The second-order valence-corrected chi connectivity index (χ2v) is 8.39. The first kappa shape index (κ1) is 23.6. The lowest BCUT2D eigenvalue weighted by Crippen LogP contribution is -2.47. The molecule has 12 heteroatoms. The number of aliphatic carboxylic acids is 1. The molecule has 0 saturated carbocycles. The lowest BCUT2D eigenvalue weighted by Gasteiger charge is -2.37. The Bertz CT molecular complexity index is 1060. The highest BCUT2D eigenvalue weighted by atomic mass is 19.4. The second kappa shape index (κ2) is 9.35. The molecule has 0 atom stereocenters. The largest absolute Gasteiger partial charge is 0.481 e. The van der Waals surface area contributed by atoms with Gasteiger partial charge in [0.1, 0.15) is 5.82 Å². The number of halogens is 3. The first-order chi connectivity index (χ1) is 16.1. The standard InChI is InChI=1S/C22H24F3N5O4/c23-22(24,25)16-2-1-3-17(14-16)27-10-12-29(13-11-27)20-18(30(33)34)4-5-19(26-20)28-8-6-15(7-9-28)21(31)32/h1-5,14-15H,6-13H2,(H,31,32). The molecule has 0 bridgehead atoms. The summed E-state index contributed by atoms with van der Waals surface area (Å²) >= 11 is 0. The average Bonchev–Trinajstić information content (AvgIpc) is 2.83. The molecule has 0 radical (unpaired) electrons. The summed E-state index contributed by atoms with van der Waals surface area (Å²) in [4.78, 5) is 32.4. The van der Waals surface area contributed by atoms with Crippen LogP contribution in [0.5, 0.6) is 0 Å². The molecule has 2 aliphatic heterocycles. The molecule has 0 spiro atoms. The number of rotatable bonds is 5. The Labute approximate surface area is 193 Å². The zero-order chi connectivity index (χ0) is 24.5. The highest BCUT2D eigenvalue weighted by molar-refractivity contribution is 5.70. The van der Waals surface area contributed by atoms with Gasteiger partial charge in [0.15, 0.2) is 0 Å². The van der Waals surface area contributed by atoms with Gasteiger partial charge in [-0.05, 0) is 37.1 Å². The molecule has 1 aromatic heterocycles. The number of benzene rings is 1. The number of hydrogen-bond acceptors (Lipinski definition) is 7. The van der Waals surface area contributed by atoms with Crippen LogP contribution in [0, 0.1) is 16.0 Å². The molecular formula is C22H24F3N5O4. The third kappa shape index (κ3) is 5.00. The molecule has 9 nitrogen and oxygen atoms in total. The molecule has 2 saturated heterocycles. The Morgan fingerprint density at radius 3 is 2.24 bits per heavy atom. The summed E-state index contributed by atoms with van der Waals surface area (Å²) in [7, 11) is 0. The minimum atomic E-state index is -4.43. The van der Waals surface area contributed by atoms with Crippen molar-refractivity contribution in [2.75, 3.05) is 54.0 Å². The quantitative estimate of drug-likeness (QED) is 0.512. The summed E-state index contributed by atoms with van der Waals surface area (Å²) in [6, 6.07) is 8.10. The number of piperazine rings is 1.